The monoisotopic (exact) mass is 207 g/mol. The van der Waals surface area contributed by atoms with E-state index in [9.17, 15) is 0 Å². The van der Waals surface area contributed by atoms with Gasteiger partial charge in [-0.2, -0.15) is 0 Å². The van der Waals surface area contributed by atoms with Crippen molar-refractivity contribution in [2.75, 3.05) is 13.7 Å². The summed E-state index contributed by atoms with van der Waals surface area (Å²) in [4.78, 5) is 0. The number of aryl methyl sites for hydroxylation is 1. The molecular weight excluding hydrogens is 186 g/mol. The maximum absolute atomic E-state index is 5.61. The largest absolute Gasteiger partial charge is 0.375 e. The molecule has 0 aliphatic rings. The van der Waals surface area contributed by atoms with Crippen molar-refractivity contribution in [3.05, 3.63) is 35.4 Å². The van der Waals surface area contributed by atoms with Gasteiger partial charge in [-0.3, -0.25) is 0 Å². The minimum Gasteiger partial charge on any atom is -0.375 e. The zero-order valence-corrected chi connectivity index (χ0v) is 9.70. The minimum absolute atomic E-state index is 0.0326. The molecular formula is C13H21NO. The summed E-state index contributed by atoms with van der Waals surface area (Å²) in [5.41, 5.74) is 8.17. The van der Waals surface area contributed by atoms with Crippen LogP contribution in [0.2, 0.25) is 0 Å². The predicted molar refractivity (Wildman–Crippen MR) is 63.9 cm³/mol. The number of unbranched alkanes of at least 4 members (excludes halogenated alkanes) is 1. The Bertz CT molecular complexity index is 264. The molecule has 1 aromatic carbocycles. The van der Waals surface area contributed by atoms with Gasteiger partial charge in [-0.15, -0.1) is 0 Å². The van der Waals surface area contributed by atoms with Crippen LogP contribution in [0.1, 0.15) is 37.0 Å². The smallest absolute Gasteiger partial charge is 0.0943 e. The van der Waals surface area contributed by atoms with E-state index < -0.39 is 0 Å². The van der Waals surface area contributed by atoms with Gasteiger partial charge in [0.05, 0.1) is 6.10 Å². The Labute approximate surface area is 92.4 Å². The molecule has 2 nitrogen and oxygen atoms in total. The Morgan fingerprint density at radius 3 is 2.40 bits per heavy atom. The molecule has 1 atom stereocenters. The zero-order valence-electron chi connectivity index (χ0n) is 9.70. The SMILES string of the molecule is CCCCc1ccc(C(CN)OC)cc1. The topological polar surface area (TPSA) is 35.2 Å². The Kier molecular flexibility index (Phi) is 5.37. The molecule has 0 saturated heterocycles. The minimum atomic E-state index is 0.0326. The average Bonchev–Trinajstić information content (AvgIpc) is 2.29. The second-order valence-electron chi connectivity index (χ2n) is 3.81. The van der Waals surface area contributed by atoms with Crippen LogP contribution in [0.3, 0.4) is 0 Å². The van der Waals surface area contributed by atoms with Crippen molar-refractivity contribution in [3.8, 4) is 0 Å². The molecule has 0 aliphatic carbocycles. The molecule has 0 fully saturated rings. The summed E-state index contributed by atoms with van der Waals surface area (Å²) in [6.07, 6.45) is 3.69. The van der Waals surface area contributed by atoms with Gasteiger partial charge in [0.15, 0.2) is 0 Å². The average molecular weight is 207 g/mol. The summed E-state index contributed by atoms with van der Waals surface area (Å²) in [7, 11) is 1.70. The maximum atomic E-state index is 5.61. The fourth-order valence-corrected chi connectivity index (χ4v) is 1.65. The van der Waals surface area contributed by atoms with E-state index in [1.165, 1.54) is 24.0 Å². The summed E-state index contributed by atoms with van der Waals surface area (Å²) < 4.78 is 5.28. The van der Waals surface area contributed by atoms with E-state index in [1.54, 1.807) is 7.11 Å². The van der Waals surface area contributed by atoms with Gasteiger partial charge < -0.3 is 10.5 Å². The first kappa shape index (κ1) is 12.2. The van der Waals surface area contributed by atoms with Crippen molar-refractivity contribution in [1.29, 1.82) is 0 Å². The molecule has 0 heterocycles. The molecule has 15 heavy (non-hydrogen) atoms. The van der Waals surface area contributed by atoms with Crippen LogP contribution in [0.15, 0.2) is 24.3 Å². The van der Waals surface area contributed by atoms with Crippen molar-refractivity contribution in [2.45, 2.75) is 32.3 Å². The van der Waals surface area contributed by atoms with E-state index in [4.69, 9.17) is 10.5 Å². The van der Waals surface area contributed by atoms with Gasteiger partial charge in [0.25, 0.3) is 0 Å². The molecule has 0 amide bonds. The molecule has 1 rings (SSSR count). The molecule has 0 radical (unpaired) electrons. The fraction of sp³-hybridized carbons (Fsp3) is 0.538. The lowest BCUT2D eigenvalue weighted by atomic mass is 10.0. The first-order valence-electron chi connectivity index (χ1n) is 5.63. The number of benzene rings is 1. The molecule has 0 aliphatic heterocycles. The van der Waals surface area contributed by atoms with Gasteiger partial charge in [0.1, 0.15) is 0 Å². The van der Waals surface area contributed by atoms with Crippen LogP contribution >= 0.6 is 0 Å². The molecule has 1 aromatic rings. The van der Waals surface area contributed by atoms with E-state index in [0.717, 1.165) is 6.42 Å². The Hall–Kier alpha value is -0.860. The lowest BCUT2D eigenvalue weighted by Crippen LogP contribution is -2.14. The third kappa shape index (κ3) is 3.65. The summed E-state index contributed by atoms with van der Waals surface area (Å²) >= 11 is 0. The Balaban J connectivity index is 2.62. The van der Waals surface area contributed by atoms with Gasteiger partial charge in [0.2, 0.25) is 0 Å². The fourth-order valence-electron chi connectivity index (χ4n) is 1.65. The van der Waals surface area contributed by atoms with E-state index in [2.05, 4.69) is 31.2 Å². The molecule has 84 valence electrons. The Morgan fingerprint density at radius 1 is 1.27 bits per heavy atom. The first-order valence-corrected chi connectivity index (χ1v) is 5.63. The van der Waals surface area contributed by atoms with Crippen LogP contribution in [0, 0.1) is 0 Å². The van der Waals surface area contributed by atoms with Crippen molar-refractivity contribution in [3.63, 3.8) is 0 Å². The van der Waals surface area contributed by atoms with Gasteiger partial charge in [0, 0.05) is 13.7 Å². The molecule has 0 bridgehead atoms. The van der Waals surface area contributed by atoms with E-state index in [-0.39, 0.29) is 6.10 Å². The second-order valence-corrected chi connectivity index (χ2v) is 3.81. The lowest BCUT2D eigenvalue weighted by Gasteiger charge is -2.13. The molecule has 2 N–H and O–H groups in total. The van der Waals surface area contributed by atoms with E-state index >= 15 is 0 Å². The molecule has 2 heteroatoms. The highest BCUT2D eigenvalue weighted by Crippen LogP contribution is 2.16. The number of nitrogens with two attached hydrogens (primary N) is 1. The van der Waals surface area contributed by atoms with Gasteiger partial charge >= 0.3 is 0 Å². The third-order valence-electron chi connectivity index (χ3n) is 2.67. The molecule has 0 spiro atoms. The van der Waals surface area contributed by atoms with Crippen LogP contribution in [0.25, 0.3) is 0 Å². The second kappa shape index (κ2) is 6.59. The van der Waals surface area contributed by atoms with E-state index in [1.807, 2.05) is 0 Å². The normalized spacial score (nSPS) is 12.7. The van der Waals surface area contributed by atoms with Crippen LogP contribution in [0.4, 0.5) is 0 Å². The number of hydrogen-bond acceptors (Lipinski definition) is 2. The van der Waals surface area contributed by atoms with Crippen molar-refractivity contribution < 1.29 is 4.74 Å². The summed E-state index contributed by atoms with van der Waals surface area (Å²) in [6.45, 7) is 2.74. The van der Waals surface area contributed by atoms with Gasteiger partial charge in [-0.25, -0.2) is 0 Å². The lowest BCUT2D eigenvalue weighted by molar-refractivity contribution is 0.110. The highest BCUT2D eigenvalue weighted by Gasteiger charge is 2.06. The van der Waals surface area contributed by atoms with Crippen LogP contribution < -0.4 is 5.73 Å². The van der Waals surface area contributed by atoms with Crippen molar-refractivity contribution in [1.82, 2.24) is 0 Å². The Morgan fingerprint density at radius 2 is 1.93 bits per heavy atom. The molecule has 1 unspecified atom stereocenters. The first-order chi connectivity index (χ1) is 7.31. The van der Waals surface area contributed by atoms with Crippen molar-refractivity contribution >= 4 is 0 Å². The number of rotatable bonds is 6. The van der Waals surface area contributed by atoms with Crippen LogP contribution in [-0.2, 0) is 11.2 Å². The van der Waals surface area contributed by atoms with Crippen LogP contribution in [0.5, 0.6) is 0 Å². The van der Waals surface area contributed by atoms with E-state index in [0.29, 0.717) is 6.54 Å². The summed E-state index contributed by atoms with van der Waals surface area (Å²) in [5.74, 6) is 0. The molecule has 0 saturated carbocycles. The number of hydrogen-bond donors (Lipinski definition) is 1. The molecule has 0 aromatic heterocycles. The quantitative estimate of drug-likeness (QED) is 0.778. The van der Waals surface area contributed by atoms with Crippen molar-refractivity contribution in [2.24, 2.45) is 5.73 Å². The highest BCUT2D eigenvalue weighted by atomic mass is 16.5. The maximum Gasteiger partial charge on any atom is 0.0943 e. The predicted octanol–water partition coefficient (Wildman–Crippen LogP) is 2.68. The number of ether oxygens (including phenoxy) is 1. The number of methoxy groups -OCH3 is 1. The third-order valence-corrected chi connectivity index (χ3v) is 2.67. The zero-order chi connectivity index (χ0) is 11.1. The van der Waals surface area contributed by atoms with Gasteiger partial charge in [-0.1, -0.05) is 37.6 Å². The standard InChI is InChI=1S/C13H21NO/c1-3-4-5-11-6-8-12(9-7-11)13(10-14)15-2/h6-9,13H,3-5,10,14H2,1-2H3. The van der Waals surface area contributed by atoms with Crippen LogP contribution in [-0.4, -0.2) is 13.7 Å². The summed E-state index contributed by atoms with van der Waals surface area (Å²) in [5, 5.41) is 0. The summed E-state index contributed by atoms with van der Waals surface area (Å²) in [6, 6.07) is 8.58. The van der Waals surface area contributed by atoms with Gasteiger partial charge in [-0.05, 0) is 24.0 Å². The highest BCUT2D eigenvalue weighted by molar-refractivity contribution is 5.24.